The van der Waals surface area contributed by atoms with E-state index in [9.17, 15) is 8.42 Å². The molecule has 1 fully saturated rings. The van der Waals surface area contributed by atoms with Crippen molar-refractivity contribution < 1.29 is 8.42 Å². The molecular weight excluding hydrogens is 552 g/mol. The van der Waals surface area contributed by atoms with Crippen molar-refractivity contribution in [3.8, 4) is 0 Å². The van der Waals surface area contributed by atoms with E-state index in [0.29, 0.717) is 0 Å². The first-order valence-electron chi connectivity index (χ1n) is 12.0. The molecule has 0 unspecified atom stereocenters. The fraction of sp³-hybridized carbons (Fsp3) is 0.222. The number of rotatable bonds is 4. The number of para-hydroxylation sites is 1. The highest BCUT2D eigenvalue weighted by molar-refractivity contribution is 9.10. The minimum atomic E-state index is -3.91. The van der Waals surface area contributed by atoms with E-state index in [2.05, 4.69) is 68.1 Å². The Kier molecular flexibility index (Phi) is 5.88. The molecule has 0 saturated carbocycles. The zero-order valence-electron chi connectivity index (χ0n) is 20.5. The molecule has 2 aromatic heterocycles. The van der Waals surface area contributed by atoms with Gasteiger partial charge in [0.15, 0.2) is 5.65 Å². The van der Waals surface area contributed by atoms with Crippen molar-refractivity contribution >= 4 is 53.8 Å². The summed E-state index contributed by atoms with van der Waals surface area (Å²) in [7, 11) is -3.91. The van der Waals surface area contributed by atoms with Crippen molar-refractivity contribution in [1.29, 1.82) is 0 Å². The minimum absolute atomic E-state index is 0.143. The van der Waals surface area contributed by atoms with Crippen LogP contribution in [0.1, 0.15) is 11.1 Å². The molecule has 1 saturated heterocycles. The lowest BCUT2D eigenvalue weighted by Gasteiger charge is -2.37. The Morgan fingerprint density at radius 3 is 2.30 bits per heavy atom. The van der Waals surface area contributed by atoms with Crippen molar-refractivity contribution in [2.45, 2.75) is 23.8 Å². The molecule has 6 rings (SSSR count). The zero-order chi connectivity index (χ0) is 25.7. The van der Waals surface area contributed by atoms with Crippen molar-refractivity contribution in [1.82, 2.24) is 19.8 Å². The summed E-state index contributed by atoms with van der Waals surface area (Å²) < 4.78 is 29.3. The zero-order valence-corrected chi connectivity index (χ0v) is 22.9. The van der Waals surface area contributed by atoms with E-state index in [-0.39, 0.29) is 15.6 Å². The van der Waals surface area contributed by atoms with Gasteiger partial charge in [-0.25, -0.2) is 13.4 Å². The van der Waals surface area contributed by atoms with E-state index < -0.39 is 9.84 Å². The predicted molar refractivity (Wildman–Crippen MR) is 148 cm³/mol. The first-order chi connectivity index (χ1) is 17.8. The van der Waals surface area contributed by atoms with Crippen LogP contribution in [-0.4, -0.2) is 54.4 Å². The minimum Gasteiger partial charge on any atom is -0.368 e. The Labute approximate surface area is 223 Å². The number of anilines is 2. The topological polar surface area (TPSA) is 83.7 Å². The Morgan fingerprint density at radius 1 is 0.865 bits per heavy atom. The molecule has 0 atom stereocenters. The molecule has 0 bridgehead atoms. The Morgan fingerprint density at radius 2 is 1.57 bits per heavy atom. The summed E-state index contributed by atoms with van der Waals surface area (Å²) in [5, 5.41) is 9.06. The van der Waals surface area contributed by atoms with Crippen LogP contribution < -0.4 is 9.80 Å². The van der Waals surface area contributed by atoms with Crippen molar-refractivity contribution in [3.63, 3.8) is 0 Å². The first kappa shape index (κ1) is 23.9. The average molecular weight is 578 g/mol. The second kappa shape index (κ2) is 9.11. The molecule has 0 aliphatic carbocycles. The van der Waals surface area contributed by atoms with Gasteiger partial charge in [0.05, 0.1) is 10.4 Å². The van der Waals surface area contributed by atoms with Crippen LogP contribution in [0.3, 0.4) is 0 Å². The van der Waals surface area contributed by atoms with Crippen LogP contribution in [0, 0.1) is 13.8 Å². The van der Waals surface area contributed by atoms with Crippen LogP contribution >= 0.6 is 15.9 Å². The number of nitrogens with zero attached hydrogens (tertiary/aromatic N) is 6. The van der Waals surface area contributed by atoms with Gasteiger partial charge in [-0.05, 0) is 61.9 Å². The van der Waals surface area contributed by atoms with E-state index in [0.717, 1.165) is 47.4 Å². The number of piperazine rings is 1. The maximum atomic E-state index is 13.5. The lowest BCUT2D eigenvalue weighted by Crippen LogP contribution is -2.47. The van der Waals surface area contributed by atoms with Crippen LogP contribution in [-0.2, 0) is 9.84 Å². The lowest BCUT2D eigenvalue weighted by molar-refractivity contribution is 0.592. The standard InChI is InChI=1S/C27H25BrN6O2S/c1-18-7-12-23(19(2)17-18)32-13-15-33(16-14-32)25-22-5-3-4-6-24(22)34-26(29-25)27(30-31-34)37(35,36)21-10-8-20(28)9-11-21/h3-12,17H,13-16H2,1-2H3. The average Bonchev–Trinajstić information content (AvgIpc) is 3.34. The van der Waals surface area contributed by atoms with E-state index in [1.54, 1.807) is 24.3 Å². The summed E-state index contributed by atoms with van der Waals surface area (Å²) >= 11 is 3.36. The van der Waals surface area contributed by atoms with E-state index in [1.807, 2.05) is 24.3 Å². The molecule has 0 spiro atoms. The molecular formula is C27H25BrN6O2S. The maximum absolute atomic E-state index is 13.5. The number of sulfone groups is 1. The fourth-order valence-corrected chi connectivity index (χ4v) is 6.49. The van der Waals surface area contributed by atoms with Gasteiger partial charge >= 0.3 is 0 Å². The second-order valence-corrected chi connectivity index (χ2v) is 12.1. The molecule has 3 heterocycles. The summed E-state index contributed by atoms with van der Waals surface area (Å²) in [5.41, 5.74) is 4.78. The molecule has 0 N–H and O–H groups in total. The smallest absolute Gasteiger partial charge is 0.229 e. The Hall–Kier alpha value is -3.50. The van der Waals surface area contributed by atoms with Gasteiger partial charge in [-0.2, -0.15) is 4.52 Å². The fourth-order valence-electron chi connectivity index (χ4n) is 4.99. The van der Waals surface area contributed by atoms with E-state index in [4.69, 9.17) is 4.98 Å². The lowest BCUT2D eigenvalue weighted by atomic mass is 10.1. The highest BCUT2D eigenvalue weighted by Gasteiger charge is 2.29. The SMILES string of the molecule is Cc1ccc(N2CCN(c3nc4c(S(=O)(=O)c5ccc(Br)cc5)nnn4c4ccccc34)CC2)c(C)c1. The van der Waals surface area contributed by atoms with Gasteiger partial charge < -0.3 is 9.80 Å². The molecule has 37 heavy (non-hydrogen) atoms. The molecule has 8 nitrogen and oxygen atoms in total. The molecule has 5 aromatic rings. The molecule has 1 aliphatic rings. The van der Waals surface area contributed by atoms with Crippen LogP contribution in [0.4, 0.5) is 11.5 Å². The van der Waals surface area contributed by atoms with Crippen molar-refractivity contribution in [3.05, 3.63) is 82.3 Å². The number of halogens is 1. The summed E-state index contributed by atoms with van der Waals surface area (Å²) in [6.45, 7) is 7.46. The van der Waals surface area contributed by atoms with Gasteiger partial charge in [0.1, 0.15) is 5.82 Å². The second-order valence-electron chi connectivity index (χ2n) is 9.30. The summed E-state index contributed by atoms with van der Waals surface area (Å²) in [6, 6.07) is 20.8. The third-order valence-corrected chi connectivity index (χ3v) is 9.05. The van der Waals surface area contributed by atoms with Crippen LogP contribution in [0.2, 0.25) is 0 Å². The van der Waals surface area contributed by atoms with Gasteiger partial charge in [-0.15, -0.1) is 5.10 Å². The highest BCUT2D eigenvalue weighted by Crippen LogP contribution is 2.31. The van der Waals surface area contributed by atoms with Crippen LogP contribution in [0.5, 0.6) is 0 Å². The molecule has 3 aromatic carbocycles. The van der Waals surface area contributed by atoms with E-state index >= 15 is 0 Å². The maximum Gasteiger partial charge on any atom is 0.229 e. The van der Waals surface area contributed by atoms with E-state index in [1.165, 1.54) is 21.3 Å². The number of benzene rings is 3. The summed E-state index contributed by atoms with van der Waals surface area (Å²) in [6.07, 6.45) is 0. The molecule has 188 valence electrons. The van der Waals surface area contributed by atoms with Gasteiger partial charge in [0, 0.05) is 41.7 Å². The number of hydrogen-bond acceptors (Lipinski definition) is 7. The Balaban J connectivity index is 1.41. The largest absolute Gasteiger partial charge is 0.368 e. The molecule has 0 radical (unpaired) electrons. The van der Waals surface area contributed by atoms with Crippen LogP contribution in [0.25, 0.3) is 16.6 Å². The quantitative estimate of drug-likeness (QED) is 0.303. The van der Waals surface area contributed by atoms with Gasteiger partial charge in [-0.1, -0.05) is 51.0 Å². The number of fused-ring (bicyclic) bond motifs is 3. The number of aromatic nitrogens is 4. The van der Waals surface area contributed by atoms with Gasteiger partial charge in [-0.3, -0.25) is 0 Å². The van der Waals surface area contributed by atoms with Crippen LogP contribution in [0.15, 0.2) is 81.1 Å². The normalized spacial score (nSPS) is 14.6. The number of aryl methyl sites for hydroxylation is 2. The van der Waals surface area contributed by atoms with Gasteiger partial charge in [0.2, 0.25) is 14.9 Å². The monoisotopic (exact) mass is 576 g/mol. The molecule has 0 amide bonds. The molecule has 10 heteroatoms. The molecule has 1 aliphatic heterocycles. The number of hydrogen-bond donors (Lipinski definition) is 0. The van der Waals surface area contributed by atoms with Gasteiger partial charge in [0.25, 0.3) is 0 Å². The predicted octanol–water partition coefficient (Wildman–Crippen LogP) is 4.82. The highest BCUT2D eigenvalue weighted by atomic mass is 79.9. The summed E-state index contributed by atoms with van der Waals surface area (Å²) in [4.78, 5) is 9.66. The Bertz CT molecular complexity index is 1740. The third-order valence-electron chi connectivity index (χ3n) is 6.85. The van der Waals surface area contributed by atoms with Crippen molar-refractivity contribution in [2.75, 3.05) is 36.0 Å². The summed E-state index contributed by atoms with van der Waals surface area (Å²) in [5.74, 6) is 0.748. The third kappa shape index (κ3) is 4.14. The van der Waals surface area contributed by atoms with Crippen molar-refractivity contribution in [2.24, 2.45) is 0 Å². The first-order valence-corrected chi connectivity index (χ1v) is 14.3.